The molecule has 0 saturated carbocycles. The Morgan fingerprint density at radius 2 is 2.08 bits per heavy atom. The number of rotatable bonds is 3. The molecular formula is C20H21NO4S. The SMILES string of the molecule is CC1CN(C(=O)COC(=O)c2cc3c(s2)-c2ccccc2CC3)CCO1. The van der Waals surface area contributed by atoms with Crippen molar-refractivity contribution in [2.24, 2.45) is 0 Å². The van der Waals surface area contributed by atoms with Gasteiger partial charge in [0.1, 0.15) is 4.88 Å². The largest absolute Gasteiger partial charge is 0.451 e. The van der Waals surface area contributed by atoms with E-state index in [2.05, 4.69) is 12.1 Å². The molecule has 0 bridgehead atoms. The molecule has 1 fully saturated rings. The van der Waals surface area contributed by atoms with Crippen LogP contribution in [0.3, 0.4) is 0 Å². The minimum atomic E-state index is -0.420. The van der Waals surface area contributed by atoms with Crippen LogP contribution in [0.5, 0.6) is 0 Å². The first-order valence-corrected chi connectivity index (χ1v) is 9.71. The van der Waals surface area contributed by atoms with Gasteiger partial charge in [-0.25, -0.2) is 4.79 Å². The number of morpholine rings is 1. The summed E-state index contributed by atoms with van der Waals surface area (Å²) in [6.45, 7) is 3.33. The van der Waals surface area contributed by atoms with Gasteiger partial charge in [0.25, 0.3) is 5.91 Å². The van der Waals surface area contributed by atoms with E-state index >= 15 is 0 Å². The molecule has 4 rings (SSSR count). The number of hydrogen-bond acceptors (Lipinski definition) is 5. The summed E-state index contributed by atoms with van der Waals surface area (Å²) < 4.78 is 10.7. The number of thiophene rings is 1. The predicted molar refractivity (Wildman–Crippen MR) is 99.4 cm³/mol. The van der Waals surface area contributed by atoms with Crippen LogP contribution < -0.4 is 0 Å². The highest BCUT2D eigenvalue weighted by molar-refractivity contribution is 7.17. The minimum absolute atomic E-state index is 0.0208. The van der Waals surface area contributed by atoms with Crippen LogP contribution in [-0.4, -0.2) is 49.2 Å². The summed E-state index contributed by atoms with van der Waals surface area (Å²) in [5, 5.41) is 0. The van der Waals surface area contributed by atoms with Crippen molar-refractivity contribution in [1.82, 2.24) is 4.90 Å². The molecule has 1 aromatic heterocycles. The molecule has 136 valence electrons. The summed E-state index contributed by atoms with van der Waals surface area (Å²) in [5.41, 5.74) is 3.71. The van der Waals surface area contributed by atoms with E-state index in [1.165, 1.54) is 28.0 Å². The topological polar surface area (TPSA) is 55.8 Å². The molecular weight excluding hydrogens is 350 g/mol. The molecule has 1 amide bonds. The number of aryl methyl sites for hydroxylation is 2. The maximum absolute atomic E-state index is 12.4. The number of ether oxygens (including phenoxy) is 2. The van der Waals surface area contributed by atoms with Crippen LogP contribution in [0.2, 0.25) is 0 Å². The van der Waals surface area contributed by atoms with Gasteiger partial charge < -0.3 is 14.4 Å². The third-order valence-electron chi connectivity index (χ3n) is 4.86. The number of amides is 1. The van der Waals surface area contributed by atoms with Crippen LogP contribution in [0.4, 0.5) is 0 Å². The Hall–Kier alpha value is -2.18. The van der Waals surface area contributed by atoms with Crippen LogP contribution in [0.1, 0.15) is 27.7 Å². The summed E-state index contributed by atoms with van der Waals surface area (Å²) in [6, 6.07) is 10.2. The van der Waals surface area contributed by atoms with Gasteiger partial charge >= 0.3 is 5.97 Å². The van der Waals surface area contributed by atoms with E-state index in [0.717, 1.165) is 17.7 Å². The van der Waals surface area contributed by atoms with E-state index in [1.807, 2.05) is 25.1 Å². The van der Waals surface area contributed by atoms with E-state index in [1.54, 1.807) is 4.90 Å². The minimum Gasteiger partial charge on any atom is -0.451 e. The normalized spacial score (nSPS) is 18.8. The first-order chi connectivity index (χ1) is 12.6. The van der Waals surface area contributed by atoms with Crippen molar-refractivity contribution >= 4 is 23.2 Å². The average Bonchev–Trinajstić information content (AvgIpc) is 3.11. The van der Waals surface area contributed by atoms with Gasteiger partial charge in [-0.2, -0.15) is 0 Å². The van der Waals surface area contributed by atoms with Crippen LogP contribution in [0.25, 0.3) is 10.4 Å². The quantitative estimate of drug-likeness (QED) is 0.779. The van der Waals surface area contributed by atoms with Crippen molar-refractivity contribution in [3.8, 4) is 10.4 Å². The molecule has 2 aromatic rings. The van der Waals surface area contributed by atoms with Gasteiger partial charge in [-0.15, -0.1) is 11.3 Å². The zero-order valence-corrected chi connectivity index (χ0v) is 15.5. The average molecular weight is 371 g/mol. The molecule has 1 saturated heterocycles. The number of nitrogens with zero attached hydrogens (tertiary/aromatic N) is 1. The van der Waals surface area contributed by atoms with Crippen molar-refractivity contribution in [2.75, 3.05) is 26.3 Å². The van der Waals surface area contributed by atoms with Gasteiger partial charge in [-0.05, 0) is 42.5 Å². The molecule has 1 aliphatic carbocycles. The molecule has 2 aliphatic rings. The smallest absolute Gasteiger partial charge is 0.348 e. The van der Waals surface area contributed by atoms with Crippen LogP contribution in [-0.2, 0) is 27.1 Å². The summed E-state index contributed by atoms with van der Waals surface area (Å²) in [5.74, 6) is -0.586. The Morgan fingerprint density at radius 3 is 2.92 bits per heavy atom. The molecule has 6 heteroatoms. The van der Waals surface area contributed by atoms with Gasteiger partial charge in [-0.3, -0.25) is 4.79 Å². The van der Waals surface area contributed by atoms with Crippen molar-refractivity contribution in [2.45, 2.75) is 25.9 Å². The molecule has 2 heterocycles. The molecule has 1 unspecified atom stereocenters. The van der Waals surface area contributed by atoms with E-state index in [4.69, 9.17) is 9.47 Å². The highest BCUT2D eigenvalue weighted by Gasteiger charge is 2.25. The highest BCUT2D eigenvalue weighted by Crippen LogP contribution is 2.39. The Bertz CT molecular complexity index is 844. The van der Waals surface area contributed by atoms with Crippen LogP contribution in [0.15, 0.2) is 30.3 Å². The predicted octanol–water partition coefficient (Wildman–Crippen LogP) is 2.92. The van der Waals surface area contributed by atoms with Crippen LogP contribution in [0, 0.1) is 0 Å². The zero-order valence-electron chi connectivity index (χ0n) is 14.7. The highest BCUT2D eigenvalue weighted by atomic mass is 32.1. The summed E-state index contributed by atoms with van der Waals surface area (Å²) in [6.07, 6.45) is 1.94. The number of carbonyl (C=O) groups excluding carboxylic acids is 2. The number of benzene rings is 1. The lowest BCUT2D eigenvalue weighted by molar-refractivity contribution is -0.141. The maximum Gasteiger partial charge on any atom is 0.348 e. The Balaban J connectivity index is 1.42. The fourth-order valence-corrected chi connectivity index (χ4v) is 4.67. The Morgan fingerprint density at radius 1 is 1.27 bits per heavy atom. The second-order valence-corrected chi connectivity index (χ2v) is 7.77. The lowest BCUT2D eigenvalue weighted by Crippen LogP contribution is -2.46. The summed E-state index contributed by atoms with van der Waals surface area (Å²) in [7, 11) is 0. The maximum atomic E-state index is 12.4. The third-order valence-corrected chi connectivity index (χ3v) is 6.05. The number of hydrogen-bond donors (Lipinski definition) is 0. The first kappa shape index (κ1) is 17.2. The lowest BCUT2D eigenvalue weighted by Gasteiger charge is -2.30. The first-order valence-electron chi connectivity index (χ1n) is 8.89. The number of fused-ring (bicyclic) bond motifs is 3. The molecule has 1 aromatic carbocycles. The van der Waals surface area contributed by atoms with Gasteiger partial charge in [-0.1, -0.05) is 24.3 Å². The Labute approximate surface area is 156 Å². The van der Waals surface area contributed by atoms with E-state index in [-0.39, 0.29) is 18.6 Å². The van der Waals surface area contributed by atoms with Gasteiger partial charge in [0.05, 0.1) is 12.7 Å². The van der Waals surface area contributed by atoms with Crippen molar-refractivity contribution in [3.63, 3.8) is 0 Å². The second-order valence-electron chi connectivity index (χ2n) is 6.72. The summed E-state index contributed by atoms with van der Waals surface area (Å²) in [4.78, 5) is 28.1. The standard InChI is InChI=1S/C20H21NO4S/c1-13-11-21(8-9-24-13)18(22)12-25-20(23)17-10-15-7-6-14-4-2-3-5-16(14)19(15)26-17/h2-5,10,13H,6-9,11-12H2,1H3. The van der Waals surface area contributed by atoms with Crippen molar-refractivity contribution in [3.05, 3.63) is 46.3 Å². The molecule has 0 N–H and O–H groups in total. The molecule has 1 aliphatic heterocycles. The lowest BCUT2D eigenvalue weighted by atomic mass is 9.91. The molecule has 0 spiro atoms. The molecule has 0 radical (unpaired) electrons. The molecule has 26 heavy (non-hydrogen) atoms. The van der Waals surface area contributed by atoms with Crippen molar-refractivity contribution in [1.29, 1.82) is 0 Å². The van der Waals surface area contributed by atoms with Gasteiger partial charge in [0, 0.05) is 18.0 Å². The number of carbonyl (C=O) groups is 2. The Kier molecular flexibility index (Phi) is 4.78. The van der Waals surface area contributed by atoms with E-state index in [9.17, 15) is 9.59 Å². The zero-order chi connectivity index (χ0) is 18.1. The summed E-state index contributed by atoms with van der Waals surface area (Å²) >= 11 is 1.45. The van der Waals surface area contributed by atoms with Crippen LogP contribution >= 0.6 is 11.3 Å². The van der Waals surface area contributed by atoms with E-state index in [0.29, 0.717) is 24.6 Å². The van der Waals surface area contributed by atoms with Gasteiger partial charge in [0.15, 0.2) is 6.61 Å². The fraction of sp³-hybridized carbons (Fsp3) is 0.400. The number of esters is 1. The monoisotopic (exact) mass is 371 g/mol. The van der Waals surface area contributed by atoms with E-state index < -0.39 is 5.97 Å². The fourth-order valence-electron chi connectivity index (χ4n) is 3.51. The molecule has 5 nitrogen and oxygen atoms in total. The second kappa shape index (κ2) is 7.21. The van der Waals surface area contributed by atoms with Gasteiger partial charge in [0.2, 0.25) is 0 Å². The molecule has 1 atom stereocenters. The van der Waals surface area contributed by atoms with Crippen molar-refractivity contribution < 1.29 is 19.1 Å². The third kappa shape index (κ3) is 3.39.